The molecule has 1 aromatic heterocycles. The first-order valence-electron chi connectivity index (χ1n) is 5.73. The van der Waals surface area contributed by atoms with Gasteiger partial charge in [-0.1, -0.05) is 11.6 Å². The molecule has 5 heteroatoms. The quantitative estimate of drug-likeness (QED) is 0.860. The summed E-state index contributed by atoms with van der Waals surface area (Å²) in [5, 5.41) is 1.36. The van der Waals surface area contributed by atoms with Crippen molar-refractivity contribution in [3.05, 3.63) is 28.4 Å². The third kappa shape index (κ3) is 1.61. The number of methoxy groups -OCH3 is 1. The molecule has 2 heterocycles. The molecule has 1 aliphatic heterocycles. The van der Waals surface area contributed by atoms with Crippen LogP contribution in [0.1, 0.15) is 11.3 Å². The molecule has 1 aliphatic rings. The Balaban J connectivity index is 2.41. The van der Waals surface area contributed by atoms with E-state index in [1.165, 1.54) is 0 Å². The smallest absolute Gasteiger partial charge is 0.130 e. The standard InChI is InChI=1S/C13H13ClN2O2/c1-17-10-3-2-8(14)13-11(10)12(15)7-6-18-5-4-9(7)16-13/h2-3H,4-6H2,1H3,(H2,15,16). The third-order valence-corrected chi connectivity index (χ3v) is 3.53. The summed E-state index contributed by atoms with van der Waals surface area (Å²) >= 11 is 6.20. The average Bonchev–Trinajstić information content (AvgIpc) is 2.40. The van der Waals surface area contributed by atoms with E-state index in [0.717, 1.165) is 23.1 Å². The lowest BCUT2D eigenvalue weighted by Gasteiger charge is -2.20. The van der Waals surface area contributed by atoms with Crippen LogP contribution in [0.5, 0.6) is 5.75 Å². The van der Waals surface area contributed by atoms with E-state index in [-0.39, 0.29) is 0 Å². The largest absolute Gasteiger partial charge is 0.496 e. The Morgan fingerprint density at radius 3 is 3.06 bits per heavy atom. The zero-order valence-corrected chi connectivity index (χ0v) is 10.8. The summed E-state index contributed by atoms with van der Waals surface area (Å²) in [7, 11) is 1.61. The minimum absolute atomic E-state index is 0.500. The fourth-order valence-electron chi connectivity index (χ4n) is 2.31. The second-order valence-electron chi connectivity index (χ2n) is 4.23. The van der Waals surface area contributed by atoms with Crippen molar-refractivity contribution in [1.29, 1.82) is 0 Å². The van der Waals surface area contributed by atoms with Gasteiger partial charge in [0.05, 0.1) is 47.6 Å². The molecule has 0 saturated heterocycles. The molecule has 0 amide bonds. The molecule has 3 rings (SSSR count). The Labute approximate surface area is 110 Å². The van der Waals surface area contributed by atoms with Gasteiger partial charge in [0.2, 0.25) is 0 Å². The molecule has 0 saturated carbocycles. The highest BCUT2D eigenvalue weighted by Crippen LogP contribution is 2.38. The molecule has 0 aliphatic carbocycles. The number of rotatable bonds is 1. The molecular formula is C13H13ClN2O2. The topological polar surface area (TPSA) is 57.4 Å². The zero-order chi connectivity index (χ0) is 12.7. The van der Waals surface area contributed by atoms with Crippen LogP contribution >= 0.6 is 11.6 Å². The number of pyridine rings is 1. The van der Waals surface area contributed by atoms with Gasteiger partial charge in [0.15, 0.2) is 0 Å². The first-order valence-corrected chi connectivity index (χ1v) is 6.11. The third-order valence-electron chi connectivity index (χ3n) is 3.23. The molecule has 18 heavy (non-hydrogen) atoms. The second-order valence-corrected chi connectivity index (χ2v) is 4.63. The van der Waals surface area contributed by atoms with Crippen molar-refractivity contribution in [3.63, 3.8) is 0 Å². The van der Waals surface area contributed by atoms with Gasteiger partial charge in [0.25, 0.3) is 0 Å². The van der Waals surface area contributed by atoms with Gasteiger partial charge in [-0.3, -0.25) is 4.98 Å². The lowest BCUT2D eigenvalue weighted by atomic mass is 10.0. The SMILES string of the molecule is COc1ccc(Cl)c2nc3c(c(N)c12)COCC3. The van der Waals surface area contributed by atoms with Crippen LogP contribution in [0.2, 0.25) is 5.02 Å². The maximum Gasteiger partial charge on any atom is 0.130 e. The lowest BCUT2D eigenvalue weighted by molar-refractivity contribution is 0.110. The highest BCUT2D eigenvalue weighted by atomic mass is 35.5. The molecule has 94 valence electrons. The number of fused-ring (bicyclic) bond motifs is 2. The summed E-state index contributed by atoms with van der Waals surface area (Å²) in [4.78, 5) is 4.61. The number of hydrogen-bond acceptors (Lipinski definition) is 4. The van der Waals surface area contributed by atoms with Crippen molar-refractivity contribution in [2.24, 2.45) is 0 Å². The van der Waals surface area contributed by atoms with Gasteiger partial charge in [-0.25, -0.2) is 0 Å². The Bertz CT molecular complexity index is 628. The summed E-state index contributed by atoms with van der Waals surface area (Å²) in [5.41, 5.74) is 9.52. The van der Waals surface area contributed by atoms with E-state index in [2.05, 4.69) is 4.98 Å². The monoisotopic (exact) mass is 264 g/mol. The van der Waals surface area contributed by atoms with E-state index in [4.69, 9.17) is 26.8 Å². The number of ether oxygens (including phenoxy) is 2. The van der Waals surface area contributed by atoms with Crippen molar-refractivity contribution in [3.8, 4) is 5.75 Å². The van der Waals surface area contributed by atoms with Crippen molar-refractivity contribution in [2.45, 2.75) is 13.0 Å². The molecule has 1 aromatic carbocycles. The number of hydrogen-bond donors (Lipinski definition) is 1. The van der Waals surface area contributed by atoms with Crippen LogP contribution < -0.4 is 10.5 Å². The van der Waals surface area contributed by atoms with E-state index in [0.29, 0.717) is 35.2 Å². The molecular weight excluding hydrogens is 252 g/mol. The number of aromatic nitrogens is 1. The summed E-state index contributed by atoms with van der Waals surface area (Å²) in [6.07, 6.45) is 0.767. The minimum atomic E-state index is 0.500. The minimum Gasteiger partial charge on any atom is -0.496 e. The van der Waals surface area contributed by atoms with Gasteiger partial charge < -0.3 is 15.2 Å². The summed E-state index contributed by atoms with van der Waals surface area (Å²) in [6, 6.07) is 3.58. The lowest BCUT2D eigenvalue weighted by Crippen LogP contribution is -2.14. The molecule has 0 radical (unpaired) electrons. The molecule has 0 fully saturated rings. The van der Waals surface area contributed by atoms with Crippen LogP contribution in [-0.2, 0) is 17.8 Å². The maximum absolute atomic E-state index is 6.23. The Morgan fingerprint density at radius 1 is 1.44 bits per heavy atom. The summed E-state index contributed by atoms with van der Waals surface area (Å²) in [5.74, 6) is 0.688. The normalized spacial score (nSPS) is 14.6. The Hall–Kier alpha value is -1.52. The number of nitrogens with two attached hydrogens (primary N) is 1. The van der Waals surface area contributed by atoms with Gasteiger partial charge in [-0.2, -0.15) is 0 Å². The highest BCUT2D eigenvalue weighted by molar-refractivity contribution is 6.35. The van der Waals surface area contributed by atoms with Crippen LogP contribution in [0, 0.1) is 0 Å². The highest BCUT2D eigenvalue weighted by Gasteiger charge is 2.20. The van der Waals surface area contributed by atoms with Gasteiger partial charge in [0, 0.05) is 12.0 Å². The Kier molecular flexibility index (Phi) is 2.76. The summed E-state index contributed by atoms with van der Waals surface area (Å²) in [6.45, 7) is 1.17. The molecule has 4 nitrogen and oxygen atoms in total. The molecule has 0 spiro atoms. The number of benzene rings is 1. The van der Waals surface area contributed by atoms with E-state index in [1.54, 1.807) is 19.2 Å². The van der Waals surface area contributed by atoms with E-state index < -0.39 is 0 Å². The average molecular weight is 265 g/mol. The van der Waals surface area contributed by atoms with Crippen molar-refractivity contribution in [1.82, 2.24) is 4.98 Å². The first-order chi connectivity index (χ1) is 8.72. The molecule has 0 unspecified atom stereocenters. The van der Waals surface area contributed by atoms with E-state index in [1.807, 2.05) is 0 Å². The van der Waals surface area contributed by atoms with Crippen molar-refractivity contribution < 1.29 is 9.47 Å². The number of nitrogens with zero attached hydrogens (tertiary/aromatic N) is 1. The second kappa shape index (κ2) is 4.30. The molecule has 0 bridgehead atoms. The van der Waals surface area contributed by atoms with Crippen LogP contribution in [0.15, 0.2) is 12.1 Å². The van der Waals surface area contributed by atoms with Crippen LogP contribution in [0.3, 0.4) is 0 Å². The van der Waals surface area contributed by atoms with Crippen LogP contribution in [0.25, 0.3) is 10.9 Å². The van der Waals surface area contributed by atoms with E-state index >= 15 is 0 Å². The van der Waals surface area contributed by atoms with Crippen LogP contribution in [-0.4, -0.2) is 18.7 Å². The predicted octanol–water partition coefficient (Wildman–Crippen LogP) is 2.55. The molecule has 0 atom stereocenters. The fourth-order valence-corrected chi connectivity index (χ4v) is 2.51. The fraction of sp³-hybridized carbons (Fsp3) is 0.308. The summed E-state index contributed by atoms with van der Waals surface area (Å²) < 4.78 is 10.8. The number of nitrogen functional groups attached to an aromatic ring is 1. The predicted molar refractivity (Wildman–Crippen MR) is 71.1 cm³/mol. The van der Waals surface area contributed by atoms with Crippen molar-refractivity contribution in [2.75, 3.05) is 19.5 Å². The van der Waals surface area contributed by atoms with Gasteiger partial charge in [0.1, 0.15) is 5.75 Å². The van der Waals surface area contributed by atoms with Crippen molar-refractivity contribution >= 4 is 28.2 Å². The van der Waals surface area contributed by atoms with Gasteiger partial charge in [-0.15, -0.1) is 0 Å². The van der Waals surface area contributed by atoms with Gasteiger partial charge >= 0.3 is 0 Å². The number of anilines is 1. The van der Waals surface area contributed by atoms with Crippen LogP contribution in [0.4, 0.5) is 5.69 Å². The Morgan fingerprint density at radius 2 is 2.28 bits per heavy atom. The van der Waals surface area contributed by atoms with E-state index in [9.17, 15) is 0 Å². The molecule has 2 N–H and O–H groups in total. The molecule has 2 aromatic rings. The zero-order valence-electron chi connectivity index (χ0n) is 10.00. The van der Waals surface area contributed by atoms with Gasteiger partial charge in [-0.05, 0) is 12.1 Å². The first kappa shape index (κ1) is 11.6. The number of halogens is 1. The maximum atomic E-state index is 6.23.